The Labute approximate surface area is 190 Å². The molecule has 0 bridgehead atoms. The van der Waals surface area contributed by atoms with Gasteiger partial charge in [-0.15, -0.1) is 0 Å². The summed E-state index contributed by atoms with van der Waals surface area (Å²) in [7, 11) is 3.79. The molecule has 1 aliphatic rings. The summed E-state index contributed by atoms with van der Waals surface area (Å²) in [5.74, 6) is -0.792. The smallest absolute Gasteiger partial charge is 0.349 e. The second kappa shape index (κ2) is 10.7. The number of nitrogens with one attached hydrogen (secondary N) is 2. The summed E-state index contributed by atoms with van der Waals surface area (Å²) in [5.41, 5.74) is 1.69. The average molecular weight is 450 g/mol. The van der Waals surface area contributed by atoms with Crippen molar-refractivity contribution >= 4 is 35.4 Å². The predicted octanol–water partition coefficient (Wildman–Crippen LogP) is 2.32. The molecule has 0 spiro atoms. The van der Waals surface area contributed by atoms with E-state index in [1.165, 1.54) is 6.08 Å². The molecule has 3 rings (SSSR count). The van der Waals surface area contributed by atoms with Gasteiger partial charge in [0.05, 0.1) is 0 Å². The van der Waals surface area contributed by atoms with Crippen molar-refractivity contribution in [3.63, 3.8) is 0 Å². The summed E-state index contributed by atoms with van der Waals surface area (Å²) in [4.78, 5) is 38.0. The van der Waals surface area contributed by atoms with Gasteiger partial charge in [0.25, 0.3) is 5.91 Å². The molecule has 0 fully saturated rings. The van der Waals surface area contributed by atoms with Crippen LogP contribution in [0.15, 0.2) is 48.0 Å². The molecule has 0 atom stereocenters. The first kappa shape index (κ1) is 23.1. The summed E-state index contributed by atoms with van der Waals surface area (Å²) >= 11 is 0. The maximum absolute atomic E-state index is 12.1. The molecule has 0 aromatic heterocycles. The molecule has 0 aliphatic carbocycles. The van der Waals surface area contributed by atoms with Gasteiger partial charge < -0.3 is 24.4 Å². The molecule has 0 saturated heterocycles. The van der Waals surface area contributed by atoms with Gasteiger partial charge in [0.15, 0.2) is 18.1 Å². The molecule has 1 heterocycles. The lowest BCUT2D eigenvalue weighted by Crippen LogP contribution is -2.37. The van der Waals surface area contributed by atoms with Gasteiger partial charge in [-0.1, -0.05) is 12.1 Å². The van der Waals surface area contributed by atoms with E-state index >= 15 is 0 Å². The maximum Gasteiger partial charge on any atom is 0.349 e. The Morgan fingerprint density at radius 3 is 2.45 bits per heavy atom. The number of anilines is 2. The first-order chi connectivity index (χ1) is 15.9. The topological polar surface area (TPSA) is 130 Å². The third-order valence-corrected chi connectivity index (χ3v) is 4.45. The third-order valence-electron chi connectivity index (χ3n) is 4.45. The summed E-state index contributed by atoms with van der Waals surface area (Å²) in [5, 5.41) is 13.8. The van der Waals surface area contributed by atoms with E-state index in [1.807, 2.05) is 36.4 Å². The highest BCUT2D eigenvalue weighted by atomic mass is 16.6. The van der Waals surface area contributed by atoms with Crippen molar-refractivity contribution in [2.24, 2.45) is 0 Å². The number of ether oxygens (including phenoxy) is 3. The molecular formula is C23H22N4O6. The van der Waals surface area contributed by atoms with Gasteiger partial charge in [0.1, 0.15) is 24.9 Å². The highest BCUT2D eigenvalue weighted by Crippen LogP contribution is 2.32. The minimum absolute atomic E-state index is 0.277. The number of imide groups is 1. The van der Waals surface area contributed by atoms with Gasteiger partial charge in [0.2, 0.25) is 0 Å². The summed E-state index contributed by atoms with van der Waals surface area (Å²) in [6.45, 7) is 0.109. The largest absolute Gasteiger partial charge is 0.486 e. The van der Waals surface area contributed by atoms with Crippen molar-refractivity contribution in [1.82, 2.24) is 5.32 Å². The standard InChI is InChI=1S/C23H22N4O6/c1-27(2)18-6-3-15(4-7-18)11-16(13-24)22(29)33-14-21(28)26-23(30)25-17-5-8-19-20(12-17)32-10-9-31-19/h3-8,11-12H,9-10,14H2,1-2H3,(H2,25,26,28,30)/b16-11-. The van der Waals surface area contributed by atoms with E-state index in [2.05, 4.69) is 5.32 Å². The number of benzene rings is 2. The fourth-order valence-electron chi connectivity index (χ4n) is 2.83. The van der Waals surface area contributed by atoms with Crippen molar-refractivity contribution < 1.29 is 28.6 Å². The molecule has 170 valence electrons. The van der Waals surface area contributed by atoms with E-state index in [0.29, 0.717) is 36.0 Å². The highest BCUT2D eigenvalue weighted by Gasteiger charge is 2.16. The Balaban J connectivity index is 1.50. The number of amides is 3. The highest BCUT2D eigenvalue weighted by molar-refractivity contribution is 6.03. The number of urea groups is 1. The van der Waals surface area contributed by atoms with Crippen LogP contribution in [0.3, 0.4) is 0 Å². The van der Waals surface area contributed by atoms with Crippen LogP contribution >= 0.6 is 0 Å². The number of hydrogen-bond acceptors (Lipinski definition) is 8. The molecule has 1 aliphatic heterocycles. The van der Waals surface area contributed by atoms with Crippen LogP contribution in [-0.4, -0.2) is 51.8 Å². The van der Waals surface area contributed by atoms with Crippen LogP contribution in [0.25, 0.3) is 6.08 Å². The van der Waals surface area contributed by atoms with Crippen LogP contribution in [0.1, 0.15) is 5.56 Å². The predicted molar refractivity (Wildman–Crippen MR) is 120 cm³/mol. The van der Waals surface area contributed by atoms with Gasteiger partial charge >= 0.3 is 12.0 Å². The minimum atomic E-state index is -0.975. The van der Waals surface area contributed by atoms with Crippen LogP contribution in [0.2, 0.25) is 0 Å². The monoisotopic (exact) mass is 450 g/mol. The minimum Gasteiger partial charge on any atom is -0.486 e. The Kier molecular flexibility index (Phi) is 7.49. The zero-order valence-electron chi connectivity index (χ0n) is 18.1. The molecule has 0 saturated carbocycles. The van der Waals surface area contributed by atoms with E-state index in [1.54, 1.807) is 36.4 Å². The first-order valence-electron chi connectivity index (χ1n) is 9.92. The fraction of sp³-hybridized carbons (Fsp3) is 0.217. The average Bonchev–Trinajstić information content (AvgIpc) is 2.81. The first-order valence-corrected chi connectivity index (χ1v) is 9.92. The van der Waals surface area contributed by atoms with Gasteiger partial charge in [-0.2, -0.15) is 5.26 Å². The Morgan fingerprint density at radius 1 is 1.09 bits per heavy atom. The second-order valence-electron chi connectivity index (χ2n) is 7.09. The number of fused-ring (bicyclic) bond motifs is 1. The van der Waals surface area contributed by atoms with Crippen LogP contribution in [0.4, 0.5) is 16.2 Å². The zero-order chi connectivity index (χ0) is 23.8. The number of esters is 1. The molecule has 10 nitrogen and oxygen atoms in total. The van der Waals surface area contributed by atoms with Crippen LogP contribution in [0.5, 0.6) is 11.5 Å². The Hall–Kier alpha value is -4.52. The summed E-state index contributed by atoms with van der Waals surface area (Å²) in [6.07, 6.45) is 1.36. The van der Waals surface area contributed by atoms with Gasteiger partial charge in [-0.05, 0) is 35.9 Å². The molecule has 0 radical (unpaired) electrons. The van der Waals surface area contributed by atoms with E-state index < -0.39 is 24.5 Å². The van der Waals surface area contributed by atoms with E-state index in [-0.39, 0.29) is 5.57 Å². The fourth-order valence-corrected chi connectivity index (χ4v) is 2.83. The quantitative estimate of drug-likeness (QED) is 0.390. The van der Waals surface area contributed by atoms with Crippen molar-refractivity contribution in [2.45, 2.75) is 0 Å². The summed E-state index contributed by atoms with van der Waals surface area (Å²) < 4.78 is 15.7. The SMILES string of the molecule is CN(C)c1ccc(/C=C(/C#N)C(=O)OCC(=O)NC(=O)Nc2ccc3c(c2)OCCO3)cc1. The lowest BCUT2D eigenvalue weighted by molar-refractivity contribution is -0.144. The van der Waals surface area contributed by atoms with Crippen molar-refractivity contribution in [2.75, 3.05) is 44.1 Å². The van der Waals surface area contributed by atoms with E-state index in [4.69, 9.17) is 14.2 Å². The second-order valence-corrected chi connectivity index (χ2v) is 7.09. The number of nitriles is 1. The number of carbonyl (C=O) groups is 3. The Morgan fingerprint density at radius 2 is 1.79 bits per heavy atom. The number of nitrogens with zero attached hydrogens (tertiary/aromatic N) is 2. The van der Waals surface area contributed by atoms with Crippen molar-refractivity contribution in [3.05, 3.63) is 53.6 Å². The number of rotatable bonds is 6. The molecule has 3 amide bonds. The van der Waals surface area contributed by atoms with E-state index in [0.717, 1.165) is 5.69 Å². The molecule has 2 aromatic carbocycles. The third kappa shape index (κ3) is 6.48. The lowest BCUT2D eigenvalue weighted by Gasteiger charge is -2.19. The number of carbonyl (C=O) groups excluding carboxylic acids is 3. The molecule has 2 N–H and O–H groups in total. The van der Waals surface area contributed by atoms with Crippen LogP contribution in [-0.2, 0) is 14.3 Å². The van der Waals surface area contributed by atoms with Crippen LogP contribution in [0, 0.1) is 11.3 Å². The molecule has 0 unspecified atom stereocenters. The van der Waals surface area contributed by atoms with Gasteiger partial charge in [-0.25, -0.2) is 9.59 Å². The maximum atomic E-state index is 12.1. The Bertz CT molecular complexity index is 1120. The van der Waals surface area contributed by atoms with Gasteiger partial charge in [-0.3, -0.25) is 10.1 Å². The summed E-state index contributed by atoms with van der Waals surface area (Å²) in [6, 6.07) is 12.9. The molecule has 2 aromatic rings. The normalized spacial score (nSPS) is 12.2. The number of hydrogen-bond donors (Lipinski definition) is 2. The zero-order valence-corrected chi connectivity index (χ0v) is 18.1. The molecule has 10 heteroatoms. The van der Waals surface area contributed by atoms with Crippen molar-refractivity contribution in [1.29, 1.82) is 5.26 Å². The van der Waals surface area contributed by atoms with Crippen LogP contribution < -0.4 is 25.0 Å². The van der Waals surface area contributed by atoms with E-state index in [9.17, 15) is 19.6 Å². The van der Waals surface area contributed by atoms with Gasteiger partial charge in [0, 0.05) is 31.5 Å². The lowest BCUT2D eigenvalue weighted by atomic mass is 10.1. The van der Waals surface area contributed by atoms with Crippen molar-refractivity contribution in [3.8, 4) is 17.6 Å². The molecule has 33 heavy (non-hydrogen) atoms. The molecular weight excluding hydrogens is 428 g/mol.